The zero-order valence-electron chi connectivity index (χ0n) is 8.76. The third-order valence-electron chi connectivity index (χ3n) is 2.35. The molecule has 1 amide bonds. The highest BCUT2D eigenvalue weighted by atomic mass is 16.6. The van der Waals surface area contributed by atoms with Gasteiger partial charge in [0.1, 0.15) is 11.6 Å². The van der Waals surface area contributed by atoms with E-state index in [0.717, 1.165) is 6.07 Å². The number of carbonyl (C=O) groups excluding carboxylic acids is 1. The van der Waals surface area contributed by atoms with E-state index in [1.54, 1.807) is 6.07 Å². The summed E-state index contributed by atoms with van der Waals surface area (Å²) in [5.74, 6) is -0.155. The Labute approximate surface area is 95.8 Å². The molecule has 1 aliphatic rings. The molecule has 0 saturated carbocycles. The monoisotopic (exact) mass is 233 g/mol. The summed E-state index contributed by atoms with van der Waals surface area (Å²) in [6.07, 6.45) is -0.713. The van der Waals surface area contributed by atoms with Crippen LogP contribution in [0.15, 0.2) is 12.1 Å². The second-order valence-corrected chi connectivity index (χ2v) is 3.48. The molecule has 0 unspecified atom stereocenters. The number of hydrogen-bond donors (Lipinski definition) is 1. The predicted octanol–water partition coefficient (Wildman–Crippen LogP) is 1.19. The number of nitro groups is 1. The van der Waals surface area contributed by atoms with Gasteiger partial charge in [0, 0.05) is 0 Å². The lowest BCUT2D eigenvalue weighted by Gasteiger charge is -2.23. The van der Waals surface area contributed by atoms with Crippen molar-refractivity contribution >= 4 is 17.3 Å². The Hall–Kier alpha value is -2.62. The maximum absolute atomic E-state index is 11.3. The average Bonchev–Trinajstić information content (AvgIpc) is 2.29. The van der Waals surface area contributed by atoms with E-state index < -0.39 is 11.0 Å². The third kappa shape index (κ3) is 1.76. The minimum absolute atomic E-state index is 0.118. The van der Waals surface area contributed by atoms with Crippen LogP contribution in [0.1, 0.15) is 12.5 Å². The van der Waals surface area contributed by atoms with Gasteiger partial charge in [-0.15, -0.1) is 0 Å². The SMILES string of the molecule is C[C@H]1Oc2cc([N+](=O)[O-])c(C#N)cc2NC1=O. The van der Waals surface area contributed by atoms with E-state index in [4.69, 9.17) is 10.00 Å². The van der Waals surface area contributed by atoms with E-state index in [-0.39, 0.29) is 28.6 Å². The fraction of sp³-hybridized carbons (Fsp3) is 0.200. The summed E-state index contributed by atoms with van der Waals surface area (Å²) in [5, 5.41) is 22.0. The van der Waals surface area contributed by atoms with Crippen LogP contribution in [0.2, 0.25) is 0 Å². The van der Waals surface area contributed by atoms with Gasteiger partial charge in [-0.3, -0.25) is 14.9 Å². The van der Waals surface area contributed by atoms with Gasteiger partial charge in [-0.25, -0.2) is 0 Å². The summed E-state index contributed by atoms with van der Waals surface area (Å²) >= 11 is 0. The molecule has 0 bridgehead atoms. The van der Waals surface area contributed by atoms with Crippen LogP contribution in [0.3, 0.4) is 0 Å². The molecule has 0 radical (unpaired) electrons. The summed E-state index contributed by atoms with van der Waals surface area (Å²) in [4.78, 5) is 21.4. The predicted molar refractivity (Wildman–Crippen MR) is 56.5 cm³/mol. The fourth-order valence-electron chi connectivity index (χ4n) is 1.48. The number of amides is 1. The molecule has 1 heterocycles. The van der Waals surface area contributed by atoms with Crippen LogP contribution in [0.5, 0.6) is 5.75 Å². The molecule has 7 nitrogen and oxygen atoms in total. The first-order valence-corrected chi connectivity index (χ1v) is 4.73. The lowest BCUT2D eigenvalue weighted by Crippen LogP contribution is -2.34. The van der Waals surface area contributed by atoms with Crippen molar-refractivity contribution in [3.05, 3.63) is 27.8 Å². The van der Waals surface area contributed by atoms with Crippen LogP contribution in [0.4, 0.5) is 11.4 Å². The summed E-state index contributed by atoms with van der Waals surface area (Å²) < 4.78 is 5.21. The Balaban J connectivity index is 2.57. The minimum Gasteiger partial charge on any atom is -0.478 e. The Morgan fingerprint density at radius 2 is 2.29 bits per heavy atom. The Morgan fingerprint density at radius 3 is 2.88 bits per heavy atom. The molecule has 1 aromatic carbocycles. The summed E-state index contributed by atoms with van der Waals surface area (Å²) in [7, 11) is 0. The second kappa shape index (κ2) is 3.75. The Bertz CT molecular complexity index is 561. The first kappa shape index (κ1) is 10.9. The zero-order valence-corrected chi connectivity index (χ0v) is 8.76. The lowest BCUT2D eigenvalue weighted by atomic mass is 10.1. The molecule has 0 spiro atoms. The summed E-state index contributed by atoms with van der Waals surface area (Å²) in [6.45, 7) is 1.53. The van der Waals surface area contributed by atoms with E-state index in [0.29, 0.717) is 0 Å². The number of fused-ring (bicyclic) bond motifs is 1. The molecule has 1 atom stereocenters. The van der Waals surface area contributed by atoms with E-state index in [1.807, 2.05) is 0 Å². The van der Waals surface area contributed by atoms with Crippen LogP contribution in [-0.4, -0.2) is 16.9 Å². The molecule has 0 saturated heterocycles. The van der Waals surface area contributed by atoms with Gasteiger partial charge in [-0.2, -0.15) is 5.26 Å². The van der Waals surface area contributed by atoms with Gasteiger partial charge >= 0.3 is 0 Å². The quantitative estimate of drug-likeness (QED) is 0.579. The first-order chi connectivity index (χ1) is 8.02. The molecular weight excluding hydrogens is 226 g/mol. The average molecular weight is 233 g/mol. The van der Waals surface area contributed by atoms with Crippen molar-refractivity contribution < 1.29 is 14.5 Å². The zero-order chi connectivity index (χ0) is 12.6. The van der Waals surface area contributed by atoms with Crippen molar-refractivity contribution in [3.8, 4) is 11.8 Å². The van der Waals surface area contributed by atoms with Gasteiger partial charge in [0.05, 0.1) is 16.7 Å². The van der Waals surface area contributed by atoms with Crippen molar-refractivity contribution in [2.24, 2.45) is 0 Å². The number of anilines is 1. The van der Waals surface area contributed by atoms with Crippen molar-refractivity contribution in [1.29, 1.82) is 5.26 Å². The molecule has 1 aliphatic heterocycles. The number of nitriles is 1. The highest BCUT2D eigenvalue weighted by Gasteiger charge is 2.27. The van der Waals surface area contributed by atoms with E-state index in [9.17, 15) is 14.9 Å². The van der Waals surface area contributed by atoms with Gasteiger partial charge in [0.25, 0.3) is 11.6 Å². The number of nitrogens with zero attached hydrogens (tertiary/aromatic N) is 2. The van der Waals surface area contributed by atoms with E-state index in [1.165, 1.54) is 13.0 Å². The Kier molecular flexibility index (Phi) is 2.40. The van der Waals surface area contributed by atoms with Gasteiger partial charge in [0.15, 0.2) is 11.9 Å². The number of ether oxygens (including phenoxy) is 1. The molecule has 0 aliphatic carbocycles. The van der Waals surface area contributed by atoms with Crippen molar-refractivity contribution in [2.75, 3.05) is 5.32 Å². The largest absolute Gasteiger partial charge is 0.478 e. The number of benzene rings is 1. The number of rotatable bonds is 1. The van der Waals surface area contributed by atoms with Crippen molar-refractivity contribution in [1.82, 2.24) is 0 Å². The molecule has 0 fully saturated rings. The topological polar surface area (TPSA) is 105 Å². The van der Waals surface area contributed by atoms with Gasteiger partial charge < -0.3 is 10.1 Å². The van der Waals surface area contributed by atoms with E-state index >= 15 is 0 Å². The fourth-order valence-corrected chi connectivity index (χ4v) is 1.48. The number of nitro benzene ring substituents is 1. The van der Waals surface area contributed by atoms with Crippen LogP contribution in [0, 0.1) is 21.4 Å². The Morgan fingerprint density at radius 1 is 1.59 bits per heavy atom. The molecular formula is C10H7N3O4. The summed E-state index contributed by atoms with van der Waals surface area (Å²) in [5.41, 5.74) is -0.183. The molecule has 86 valence electrons. The molecule has 2 rings (SSSR count). The lowest BCUT2D eigenvalue weighted by molar-refractivity contribution is -0.385. The highest BCUT2D eigenvalue weighted by Crippen LogP contribution is 2.35. The van der Waals surface area contributed by atoms with Crippen LogP contribution < -0.4 is 10.1 Å². The van der Waals surface area contributed by atoms with Crippen LogP contribution in [0.25, 0.3) is 0 Å². The highest BCUT2D eigenvalue weighted by molar-refractivity contribution is 5.98. The first-order valence-electron chi connectivity index (χ1n) is 4.73. The summed E-state index contributed by atoms with van der Waals surface area (Å²) in [6, 6.07) is 4.08. The number of nitrogens with one attached hydrogen (secondary N) is 1. The molecule has 0 aromatic heterocycles. The van der Waals surface area contributed by atoms with Crippen molar-refractivity contribution in [2.45, 2.75) is 13.0 Å². The molecule has 7 heteroatoms. The number of hydrogen-bond acceptors (Lipinski definition) is 5. The smallest absolute Gasteiger partial charge is 0.290 e. The molecule has 1 aromatic rings. The molecule has 17 heavy (non-hydrogen) atoms. The maximum Gasteiger partial charge on any atom is 0.290 e. The normalized spacial score (nSPS) is 17.4. The minimum atomic E-state index is -0.713. The number of carbonyl (C=O) groups is 1. The van der Waals surface area contributed by atoms with Crippen LogP contribution >= 0.6 is 0 Å². The molecule has 1 N–H and O–H groups in total. The third-order valence-corrected chi connectivity index (χ3v) is 2.35. The van der Waals surface area contributed by atoms with Gasteiger partial charge in [-0.05, 0) is 13.0 Å². The maximum atomic E-state index is 11.3. The van der Waals surface area contributed by atoms with Crippen molar-refractivity contribution in [3.63, 3.8) is 0 Å². The van der Waals surface area contributed by atoms with Crippen LogP contribution in [-0.2, 0) is 4.79 Å². The van der Waals surface area contributed by atoms with E-state index in [2.05, 4.69) is 5.32 Å². The second-order valence-electron chi connectivity index (χ2n) is 3.48. The van der Waals surface area contributed by atoms with Gasteiger partial charge in [0.2, 0.25) is 0 Å². The van der Waals surface area contributed by atoms with Gasteiger partial charge in [-0.1, -0.05) is 0 Å². The standard InChI is InChI=1S/C10H7N3O4/c1-5-10(14)12-7-2-6(4-11)8(13(15)16)3-9(7)17-5/h2-3,5H,1H3,(H,12,14)/t5-/m1/s1.